The van der Waals surface area contributed by atoms with Crippen LogP contribution in [0.25, 0.3) is 0 Å². The van der Waals surface area contributed by atoms with E-state index in [1.165, 1.54) is 26.4 Å². The topological polar surface area (TPSA) is 66.3 Å². The fraction of sp³-hybridized carbons (Fsp3) is 0.176. The Bertz CT molecular complexity index is 773. The highest BCUT2D eigenvalue weighted by atomic mass is 32.1. The molecule has 0 aromatic heterocycles. The lowest BCUT2D eigenvalue weighted by molar-refractivity contribution is 0.355. The molecule has 2 rings (SSSR count). The summed E-state index contributed by atoms with van der Waals surface area (Å²) < 4.78 is 23.3. The number of rotatable bonds is 5. The molecular formula is C17H16FN3O2S. The molecule has 0 saturated carbocycles. The van der Waals surface area contributed by atoms with E-state index < -0.39 is 0 Å². The van der Waals surface area contributed by atoms with E-state index in [0.717, 1.165) is 5.56 Å². The smallest absolute Gasteiger partial charge is 0.171 e. The number of nitrogens with zero attached hydrogens (tertiary/aromatic N) is 1. The SMILES string of the molecule is COc1cc(C#N)c(NC(=S)NCc2ccc(F)cc2)cc1OC. The third-order valence-electron chi connectivity index (χ3n) is 3.26. The molecular weight excluding hydrogens is 329 g/mol. The highest BCUT2D eigenvalue weighted by molar-refractivity contribution is 7.80. The number of hydrogen-bond acceptors (Lipinski definition) is 4. The van der Waals surface area contributed by atoms with Crippen LogP contribution in [-0.4, -0.2) is 19.3 Å². The molecule has 0 saturated heterocycles. The summed E-state index contributed by atoms with van der Waals surface area (Å²) in [5, 5.41) is 15.6. The Morgan fingerprint density at radius 1 is 1.17 bits per heavy atom. The number of nitrogens with one attached hydrogen (secondary N) is 2. The predicted octanol–water partition coefficient (Wildman–Crippen LogP) is 3.20. The van der Waals surface area contributed by atoms with E-state index in [9.17, 15) is 9.65 Å². The second-order valence-electron chi connectivity index (χ2n) is 4.80. The molecule has 0 fully saturated rings. The van der Waals surface area contributed by atoms with Crippen molar-refractivity contribution in [3.63, 3.8) is 0 Å². The van der Waals surface area contributed by atoms with Gasteiger partial charge in [0.1, 0.15) is 11.9 Å². The van der Waals surface area contributed by atoms with Gasteiger partial charge in [-0.1, -0.05) is 12.1 Å². The van der Waals surface area contributed by atoms with Gasteiger partial charge in [0.2, 0.25) is 0 Å². The van der Waals surface area contributed by atoms with E-state index in [-0.39, 0.29) is 5.82 Å². The van der Waals surface area contributed by atoms with Gasteiger partial charge < -0.3 is 20.1 Å². The summed E-state index contributed by atoms with van der Waals surface area (Å²) in [6, 6.07) is 11.4. The Morgan fingerprint density at radius 2 is 1.79 bits per heavy atom. The van der Waals surface area contributed by atoms with Gasteiger partial charge in [0.15, 0.2) is 16.6 Å². The number of benzene rings is 2. The first-order chi connectivity index (χ1) is 11.6. The van der Waals surface area contributed by atoms with Crippen LogP contribution in [-0.2, 0) is 6.54 Å². The number of thiocarbonyl (C=S) groups is 1. The van der Waals surface area contributed by atoms with Gasteiger partial charge in [-0.3, -0.25) is 0 Å². The van der Waals surface area contributed by atoms with E-state index in [4.69, 9.17) is 21.7 Å². The molecule has 0 bridgehead atoms. The zero-order chi connectivity index (χ0) is 17.5. The van der Waals surface area contributed by atoms with E-state index in [1.807, 2.05) is 0 Å². The number of ether oxygens (including phenoxy) is 2. The summed E-state index contributed by atoms with van der Waals surface area (Å²) >= 11 is 5.23. The third-order valence-corrected chi connectivity index (χ3v) is 3.51. The Kier molecular flexibility index (Phi) is 5.93. The van der Waals surface area contributed by atoms with E-state index in [0.29, 0.717) is 34.4 Å². The van der Waals surface area contributed by atoms with Crippen molar-refractivity contribution >= 4 is 23.0 Å². The summed E-state index contributed by atoms with van der Waals surface area (Å²) in [5.41, 5.74) is 1.76. The second-order valence-corrected chi connectivity index (χ2v) is 5.21. The van der Waals surface area contributed by atoms with Gasteiger partial charge in [-0.05, 0) is 29.9 Å². The molecule has 0 aliphatic carbocycles. The summed E-state index contributed by atoms with van der Waals surface area (Å²) in [4.78, 5) is 0. The Morgan fingerprint density at radius 3 is 2.38 bits per heavy atom. The summed E-state index contributed by atoms with van der Waals surface area (Å²) in [7, 11) is 3.01. The maximum Gasteiger partial charge on any atom is 0.171 e. The van der Waals surface area contributed by atoms with Crippen LogP contribution in [0.15, 0.2) is 36.4 Å². The van der Waals surface area contributed by atoms with Gasteiger partial charge in [0.05, 0.1) is 25.5 Å². The summed E-state index contributed by atoms with van der Waals surface area (Å²) in [6.45, 7) is 0.432. The van der Waals surface area contributed by atoms with E-state index in [2.05, 4.69) is 16.7 Å². The Balaban J connectivity index is 2.08. The van der Waals surface area contributed by atoms with Crippen LogP contribution >= 0.6 is 12.2 Å². The van der Waals surface area contributed by atoms with Gasteiger partial charge in [0.25, 0.3) is 0 Å². The fourth-order valence-corrected chi connectivity index (χ4v) is 2.21. The molecule has 0 radical (unpaired) electrons. The van der Waals surface area contributed by atoms with Gasteiger partial charge in [0, 0.05) is 18.7 Å². The molecule has 24 heavy (non-hydrogen) atoms. The van der Waals surface area contributed by atoms with Gasteiger partial charge >= 0.3 is 0 Å². The number of hydrogen-bond donors (Lipinski definition) is 2. The zero-order valence-electron chi connectivity index (χ0n) is 13.2. The molecule has 0 amide bonds. The largest absolute Gasteiger partial charge is 0.493 e. The van der Waals surface area contributed by atoms with Crippen LogP contribution in [0.1, 0.15) is 11.1 Å². The fourth-order valence-electron chi connectivity index (χ4n) is 2.03. The van der Waals surface area contributed by atoms with Crippen molar-refractivity contribution in [3.8, 4) is 17.6 Å². The van der Waals surface area contributed by atoms with Gasteiger partial charge in [-0.25, -0.2) is 4.39 Å². The van der Waals surface area contributed by atoms with Crippen LogP contribution in [0.3, 0.4) is 0 Å². The predicted molar refractivity (Wildman–Crippen MR) is 93.7 cm³/mol. The Hall–Kier alpha value is -2.85. The first-order valence-electron chi connectivity index (χ1n) is 7.02. The van der Waals surface area contributed by atoms with Crippen molar-refractivity contribution in [3.05, 3.63) is 53.3 Å². The molecule has 0 spiro atoms. The van der Waals surface area contributed by atoms with Crippen molar-refractivity contribution in [2.75, 3.05) is 19.5 Å². The van der Waals surface area contributed by atoms with Crippen molar-refractivity contribution in [2.24, 2.45) is 0 Å². The lowest BCUT2D eigenvalue weighted by Gasteiger charge is -2.14. The summed E-state index contributed by atoms with van der Waals surface area (Å²) in [5.74, 6) is 0.661. The molecule has 0 heterocycles. The van der Waals surface area contributed by atoms with Crippen LogP contribution in [0.2, 0.25) is 0 Å². The van der Waals surface area contributed by atoms with Gasteiger partial charge in [-0.15, -0.1) is 0 Å². The maximum absolute atomic E-state index is 12.9. The lowest BCUT2D eigenvalue weighted by atomic mass is 10.1. The van der Waals surface area contributed by atoms with Crippen molar-refractivity contribution in [1.29, 1.82) is 5.26 Å². The highest BCUT2D eigenvalue weighted by Crippen LogP contribution is 2.32. The van der Waals surface area contributed by atoms with Crippen LogP contribution < -0.4 is 20.1 Å². The first kappa shape index (κ1) is 17.5. The van der Waals surface area contributed by atoms with Crippen molar-refractivity contribution < 1.29 is 13.9 Å². The minimum absolute atomic E-state index is 0.288. The van der Waals surface area contributed by atoms with E-state index in [1.54, 1.807) is 24.3 Å². The normalized spacial score (nSPS) is 9.75. The molecule has 0 aliphatic heterocycles. The molecule has 5 nitrogen and oxygen atoms in total. The molecule has 0 unspecified atom stereocenters. The zero-order valence-corrected chi connectivity index (χ0v) is 14.0. The van der Waals surface area contributed by atoms with Crippen LogP contribution in [0.5, 0.6) is 11.5 Å². The third kappa shape index (κ3) is 4.33. The average Bonchev–Trinajstić information content (AvgIpc) is 2.60. The second kappa shape index (κ2) is 8.13. The first-order valence-corrected chi connectivity index (χ1v) is 7.43. The number of halogens is 1. The minimum atomic E-state index is -0.288. The molecule has 2 aromatic carbocycles. The quantitative estimate of drug-likeness (QED) is 0.811. The number of nitriles is 1. The molecule has 0 aliphatic rings. The van der Waals surface area contributed by atoms with Crippen LogP contribution in [0, 0.1) is 17.1 Å². The standard InChI is InChI=1S/C17H16FN3O2S/c1-22-15-7-12(9-19)14(8-16(15)23-2)21-17(24)20-10-11-3-5-13(18)6-4-11/h3-8H,10H2,1-2H3,(H2,20,21,24). The number of methoxy groups -OCH3 is 2. The number of anilines is 1. The molecule has 7 heteroatoms. The molecule has 2 N–H and O–H groups in total. The summed E-state index contributed by atoms with van der Waals surface area (Å²) in [6.07, 6.45) is 0. The molecule has 2 aromatic rings. The highest BCUT2D eigenvalue weighted by Gasteiger charge is 2.12. The van der Waals surface area contributed by atoms with Crippen molar-refractivity contribution in [1.82, 2.24) is 5.32 Å². The average molecular weight is 345 g/mol. The van der Waals surface area contributed by atoms with E-state index >= 15 is 0 Å². The molecule has 0 atom stereocenters. The van der Waals surface area contributed by atoms with Crippen LogP contribution in [0.4, 0.5) is 10.1 Å². The van der Waals surface area contributed by atoms with Gasteiger partial charge in [-0.2, -0.15) is 5.26 Å². The minimum Gasteiger partial charge on any atom is -0.493 e. The molecule has 124 valence electrons. The lowest BCUT2D eigenvalue weighted by Crippen LogP contribution is -2.28. The maximum atomic E-state index is 12.9. The Labute approximate surface area is 145 Å². The van der Waals surface area contributed by atoms with Crippen molar-refractivity contribution in [2.45, 2.75) is 6.54 Å². The monoisotopic (exact) mass is 345 g/mol.